The second kappa shape index (κ2) is 11.6. The van der Waals surface area contributed by atoms with Gasteiger partial charge in [0, 0.05) is 62.7 Å². The summed E-state index contributed by atoms with van der Waals surface area (Å²) in [6.45, 7) is 2.32. The SMILES string of the molecule is C[N-]C.Cc1cc(O)cc2oc(=O)c(Cc3cccc(N)c3F)c(CN(C)C)c12.[Y]. The van der Waals surface area contributed by atoms with Crippen molar-refractivity contribution in [3.05, 3.63) is 74.1 Å². The third-order valence-corrected chi connectivity index (χ3v) is 4.35. The van der Waals surface area contributed by atoms with Crippen molar-refractivity contribution < 1.29 is 46.6 Å². The van der Waals surface area contributed by atoms with Gasteiger partial charge in [-0.05, 0) is 49.8 Å². The normalized spacial score (nSPS) is 10.5. The van der Waals surface area contributed by atoms with Gasteiger partial charge in [0.25, 0.3) is 0 Å². The number of rotatable bonds is 4. The molecule has 0 aliphatic carbocycles. The Bertz CT molecular complexity index is 1070. The Kier molecular flexibility index (Phi) is 10.1. The van der Waals surface area contributed by atoms with Crippen LogP contribution in [0.4, 0.5) is 10.1 Å². The zero-order valence-electron chi connectivity index (χ0n) is 18.0. The van der Waals surface area contributed by atoms with E-state index in [0.717, 1.165) is 16.5 Å². The van der Waals surface area contributed by atoms with Gasteiger partial charge in [-0.25, -0.2) is 9.18 Å². The number of aryl methyl sites for hydroxylation is 1. The van der Waals surface area contributed by atoms with E-state index in [4.69, 9.17) is 10.2 Å². The molecule has 1 aromatic heterocycles. The average molecular weight is 489 g/mol. The minimum absolute atomic E-state index is 0. The predicted octanol–water partition coefficient (Wildman–Crippen LogP) is 3.80. The molecule has 0 aliphatic rings. The van der Waals surface area contributed by atoms with Crippen molar-refractivity contribution in [3.8, 4) is 5.75 Å². The zero-order valence-corrected chi connectivity index (χ0v) is 20.8. The molecule has 0 amide bonds. The maximum Gasteiger partial charge on any atom is 0.340 e. The van der Waals surface area contributed by atoms with Gasteiger partial charge in [-0.1, -0.05) is 12.1 Å². The van der Waals surface area contributed by atoms with Gasteiger partial charge in [0.2, 0.25) is 0 Å². The molecule has 0 fully saturated rings. The van der Waals surface area contributed by atoms with Gasteiger partial charge in [0.05, 0.1) is 5.69 Å². The summed E-state index contributed by atoms with van der Waals surface area (Å²) in [6, 6.07) is 7.79. The molecule has 159 valence electrons. The fraction of sp³-hybridized carbons (Fsp3) is 0.318. The molecule has 30 heavy (non-hydrogen) atoms. The van der Waals surface area contributed by atoms with E-state index in [0.29, 0.717) is 23.3 Å². The number of benzene rings is 2. The minimum Gasteiger partial charge on any atom is -0.668 e. The summed E-state index contributed by atoms with van der Waals surface area (Å²) in [5.41, 5.74) is 7.76. The van der Waals surface area contributed by atoms with Gasteiger partial charge in [-0.2, -0.15) is 14.1 Å². The molecule has 0 aliphatic heterocycles. The topological polar surface area (TPSA) is 93.8 Å². The van der Waals surface area contributed by atoms with E-state index in [1.54, 1.807) is 32.3 Å². The quantitative estimate of drug-likeness (QED) is 0.430. The van der Waals surface area contributed by atoms with Crippen LogP contribution < -0.4 is 11.4 Å². The van der Waals surface area contributed by atoms with Gasteiger partial charge in [0.1, 0.15) is 17.1 Å². The molecule has 8 heteroatoms. The average Bonchev–Trinajstić information content (AvgIpc) is 2.61. The van der Waals surface area contributed by atoms with Crippen molar-refractivity contribution in [1.29, 1.82) is 0 Å². The Labute approximate surface area is 201 Å². The molecule has 2 aromatic carbocycles. The number of nitrogen functional groups attached to an aromatic ring is 1. The van der Waals surface area contributed by atoms with E-state index >= 15 is 0 Å². The van der Waals surface area contributed by atoms with Crippen molar-refractivity contribution in [2.24, 2.45) is 0 Å². The minimum atomic E-state index is -0.541. The number of nitrogens with zero attached hydrogens (tertiary/aromatic N) is 2. The molecular formula is C22H27FN3O3Y-. The van der Waals surface area contributed by atoms with Crippen LogP contribution in [-0.4, -0.2) is 38.2 Å². The number of hydrogen-bond acceptors (Lipinski definition) is 5. The standard InChI is InChI=1S/C20H21FN2O3.C2H6N.Y/c1-11-7-13(24)9-17-18(11)15(10-23(2)3)14(20(25)26-17)8-12-5-4-6-16(22)19(12)21;1-3-2;/h4-7,9,24H,8,10,22H2,1-3H3;1-2H3;/q;-1;. The van der Waals surface area contributed by atoms with Gasteiger partial charge < -0.3 is 25.5 Å². The third kappa shape index (κ3) is 6.11. The van der Waals surface area contributed by atoms with Crippen LogP contribution in [0.1, 0.15) is 22.3 Å². The van der Waals surface area contributed by atoms with E-state index in [-0.39, 0.29) is 50.6 Å². The van der Waals surface area contributed by atoms with E-state index in [1.165, 1.54) is 12.1 Å². The Morgan fingerprint density at radius 2 is 1.83 bits per heavy atom. The Hall–Kier alpha value is -1.80. The van der Waals surface area contributed by atoms with Gasteiger partial charge in [-0.3, -0.25) is 0 Å². The predicted molar refractivity (Wildman–Crippen MR) is 115 cm³/mol. The summed E-state index contributed by atoms with van der Waals surface area (Å²) < 4.78 is 19.8. The second-order valence-corrected chi connectivity index (χ2v) is 7.16. The summed E-state index contributed by atoms with van der Waals surface area (Å²) in [4.78, 5) is 14.6. The fourth-order valence-corrected chi connectivity index (χ4v) is 3.24. The molecule has 1 heterocycles. The van der Waals surface area contributed by atoms with Crippen molar-refractivity contribution in [1.82, 2.24) is 4.90 Å². The number of aromatic hydroxyl groups is 1. The first-order valence-electron chi connectivity index (χ1n) is 9.13. The molecule has 0 saturated heterocycles. The van der Waals surface area contributed by atoms with Crippen LogP contribution in [0.25, 0.3) is 16.3 Å². The molecule has 0 bridgehead atoms. The number of nitrogens with two attached hydrogens (primary N) is 1. The number of fused-ring (bicyclic) bond motifs is 1. The van der Waals surface area contributed by atoms with Crippen LogP contribution in [0.5, 0.6) is 5.75 Å². The summed E-state index contributed by atoms with van der Waals surface area (Å²) in [5.74, 6) is -0.492. The van der Waals surface area contributed by atoms with Gasteiger partial charge >= 0.3 is 5.63 Å². The summed E-state index contributed by atoms with van der Waals surface area (Å²) in [5, 5.41) is 14.1. The molecule has 0 atom stereocenters. The number of phenols is 1. The van der Waals surface area contributed by atoms with Gasteiger partial charge in [-0.15, -0.1) is 0 Å². The molecule has 3 rings (SSSR count). The Morgan fingerprint density at radius 1 is 1.20 bits per heavy atom. The number of anilines is 1. The Morgan fingerprint density at radius 3 is 2.43 bits per heavy atom. The molecule has 6 nitrogen and oxygen atoms in total. The fourth-order valence-electron chi connectivity index (χ4n) is 3.24. The molecule has 1 radical (unpaired) electrons. The van der Waals surface area contributed by atoms with Crippen LogP contribution in [0.3, 0.4) is 0 Å². The molecule has 0 saturated carbocycles. The van der Waals surface area contributed by atoms with E-state index < -0.39 is 11.4 Å². The van der Waals surface area contributed by atoms with Crippen molar-refractivity contribution >= 4 is 16.7 Å². The largest absolute Gasteiger partial charge is 0.668 e. The van der Waals surface area contributed by atoms with E-state index in [9.17, 15) is 14.3 Å². The molecule has 3 N–H and O–H groups in total. The number of halogens is 1. The van der Waals surface area contributed by atoms with Crippen LogP contribution in [0.15, 0.2) is 39.5 Å². The number of phenolic OH excluding ortho intramolecular Hbond substituents is 1. The van der Waals surface area contributed by atoms with Crippen molar-refractivity contribution in [2.45, 2.75) is 19.9 Å². The molecular weight excluding hydrogens is 462 g/mol. The van der Waals surface area contributed by atoms with Crippen LogP contribution >= 0.6 is 0 Å². The zero-order chi connectivity index (χ0) is 21.7. The maximum absolute atomic E-state index is 14.4. The molecule has 3 aromatic rings. The summed E-state index contributed by atoms with van der Waals surface area (Å²) in [7, 11) is 7.28. The number of hydrogen-bond donors (Lipinski definition) is 2. The smallest absolute Gasteiger partial charge is 0.340 e. The molecule has 0 spiro atoms. The first-order valence-corrected chi connectivity index (χ1v) is 9.13. The van der Waals surface area contributed by atoms with E-state index in [1.807, 2.05) is 25.9 Å². The van der Waals surface area contributed by atoms with Crippen LogP contribution in [0.2, 0.25) is 0 Å². The van der Waals surface area contributed by atoms with Crippen molar-refractivity contribution in [2.75, 3.05) is 33.9 Å². The first-order chi connectivity index (χ1) is 13.7. The van der Waals surface area contributed by atoms with Crippen molar-refractivity contribution in [3.63, 3.8) is 0 Å². The van der Waals surface area contributed by atoms with E-state index in [2.05, 4.69) is 5.32 Å². The molecule has 0 unspecified atom stereocenters. The Balaban J connectivity index is 0.00000106. The monoisotopic (exact) mass is 489 g/mol. The van der Waals surface area contributed by atoms with Gasteiger partial charge in [0.15, 0.2) is 0 Å². The summed E-state index contributed by atoms with van der Waals surface area (Å²) in [6.07, 6.45) is 0.0820. The van der Waals surface area contributed by atoms with Crippen LogP contribution in [0, 0.1) is 12.7 Å². The second-order valence-electron chi connectivity index (χ2n) is 7.16. The first kappa shape index (κ1) is 26.2. The summed E-state index contributed by atoms with van der Waals surface area (Å²) >= 11 is 0. The maximum atomic E-state index is 14.4. The van der Waals surface area contributed by atoms with Crippen LogP contribution in [-0.2, 0) is 45.7 Å². The third-order valence-electron chi connectivity index (χ3n) is 4.35.